The first-order valence-electron chi connectivity index (χ1n) is 7.86. The Morgan fingerprint density at radius 2 is 2.14 bits per heavy atom. The lowest BCUT2D eigenvalue weighted by Crippen LogP contribution is -2.63. The van der Waals surface area contributed by atoms with Crippen molar-refractivity contribution in [3.8, 4) is 0 Å². The summed E-state index contributed by atoms with van der Waals surface area (Å²) in [5.41, 5.74) is 1.37. The van der Waals surface area contributed by atoms with E-state index in [2.05, 4.69) is 53.7 Å². The third-order valence-corrected chi connectivity index (χ3v) is 4.68. The lowest BCUT2D eigenvalue weighted by atomic mass is 9.64. The highest BCUT2D eigenvalue weighted by Gasteiger charge is 2.49. The number of benzene rings is 1. The van der Waals surface area contributed by atoms with Crippen molar-refractivity contribution < 1.29 is 4.74 Å². The summed E-state index contributed by atoms with van der Waals surface area (Å²) in [4.78, 5) is 4.49. The minimum Gasteiger partial charge on any atom is -0.373 e. The van der Waals surface area contributed by atoms with Crippen LogP contribution in [0.2, 0.25) is 0 Å². The van der Waals surface area contributed by atoms with Crippen molar-refractivity contribution in [3.63, 3.8) is 0 Å². The Morgan fingerprint density at radius 3 is 2.81 bits per heavy atom. The summed E-state index contributed by atoms with van der Waals surface area (Å²) in [5, 5.41) is 6.86. The number of rotatable bonds is 4. The maximum Gasteiger partial charge on any atom is 0.191 e. The van der Waals surface area contributed by atoms with Gasteiger partial charge in [-0.25, -0.2) is 0 Å². The maximum absolute atomic E-state index is 6.10. The van der Waals surface area contributed by atoms with Crippen LogP contribution in [0.3, 0.4) is 0 Å². The van der Waals surface area contributed by atoms with Crippen molar-refractivity contribution in [2.45, 2.75) is 45.4 Å². The predicted molar refractivity (Wildman–Crippen MR) is 85.3 cm³/mol. The molecule has 1 aliphatic carbocycles. The second-order valence-electron chi connectivity index (χ2n) is 6.55. The molecule has 4 heteroatoms. The van der Waals surface area contributed by atoms with Gasteiger partial charge < -0.3 is 15.4 Å². The van der Waals surface area contributed by atoms with Gasteiger partial charge in [0.05, 0.1) is 12.7 Å². The minimum absolute atomic E-state index is 0.135. The zero-order valence-corrected chi connectivity index (χ0v) is 12.9. The highest BCUT2D eigenvalue weighted by atomic mass is 16.5. The van der Waals surface area contributed by atoms with Gasteiger partial charge in [-0.3, -0.25) is 4.99 Å². The van der Waals surface area contributed by atoms with E-state index in [1.165, 1.54) is 5.56 Å². The van der Waals surface area contributed by atoms with Gasteiger partial charge in [0.2, 0.25) is 0 Å². The van der Waals surface area contributed by atoms with Crippen molar-refractivity contribution in [2.75, 3.05) is 13.1 Å². The van der Waals surface area contributed by atoms with Gasteiger partial charge in [0.25, 0.3) is 0 Å². The summed E-state index contributed by atoms with van der Waals surface area (Å²) in [6.45, 7) is 7.19. The average molecular weight is 287 g/mol. The molecule has 2 unspecified atom stereocenters. The molecular formula is C17H25N3O. The monoisotopic (exact) mass is 287 g/mol. The molecule has 3 rings (SSSR count). The van der Waals surface area contributed by atoms with Crippen molar-refractivity contribution in [1.82, 2.24) is 10.6 Å². The summed E-state index contributed by atoms with van der Waals surface area (Å²) in [6.07, 6.45) is 2.47. The van der Waals surface area contributed by atoms with Crippen LogP contribution >= 0.6 is 0 Å². The molecule has 1 saturated carbocycles. The molecule has 2 N–H and O–H groups in total. The molecule has 2 aliphatic rings. The normalized spacial score (nSPS) is 27.2. The molecule has 0 aromatic heterocycles. The van der Waals surface area contributed by atoms with E-state index >= 15 is 0 Å². The molecule has 0 radical (unpaired) electrons. The quantitative estimate of drug-likeness (QED) is 0.893. The summed E-state index contributed by atoms with van der Waals surface area (Å²) < 4.78 is 6.10. The molecule has 1 aromatic rings. The fourth-order valence-corrected chi connectivity index (χ4v) is 2.98. The van der Waals surface area contributed by atoms with Crippen molar-refractivity contribution in [1.29, 1.82) is 0 Å². The summed E-state index contributed by atoms with van der Waals surface area (Å²) in [6, 6.07) is 10.8. The SMILES string of the molecule is CC1(C)C(NC2=NCCCN2)CC1OCc1ccccc1. The third kappa shape index (κ3) is 3.21. The van der Waals surface area contributed by atoms with Crippen LogP contribution in [0.5, 0.6) is 0 Å². The van der Waals surface area contributed by atoms with Crippen LogP contribution in [0.4, 0.5) is 0 Å². The van der Waals surface area contributed by atoms with Crippen LogP contribution in [-0.4, -0.2) is 31.2 Å². The van der Waals surface area contributed by atoms with Crippen molar-refractivity contribution in [3.05, 3.63) is 35.9 Å². The van der Waals surface area contributed by atoms with Crippen LogP contribution in [-0.2, 0) is 11.3 Å². The molecule has 0 amide bonds. The number of guanidine groups is 1. The molecule has 0 spiro atoms. The first kappa shape index (κ1) is 14.4. The van der Waals surface area contributed by atoms with Crippen LogP contribution < -0.4 is 10.6 Å². The fourth-order valence-electron chi connectivity index (χ4n) is 2.98. The standard InChI is InChI=1S/C17H25N3O/c1-17(2)14(20-16-18-9-6-10-19-16)11-15(17)21-12-13-7-4-3-5-8-13/h3-5,7-8,14-15H,6,9-12H2,1-2H3,(H2,18,19,20). The Morgan fingerprint density at radius 1 is 1.33 bits per heavy atom. The van der Waals surface area contributed by atoms with Gasteiger partial charge in [0.15, 0.2) is 5.96 Å². The number of nitrogens with zero attached hydrogens (tertiary/aromatic N) is 1. The molecule has 4 nitrogen and oxygen atoms in total. The van der Waals surface area contributed by atoms with Crippen molar-refractivity contribution in [2.24, 2.45) is 10.4 Å². The fraction of sp³-hybridized carbons (Fsp3) is 0.588. The van der Waals surface area contributed by atoms with Gasteiger partial charge >= 0.3 is 0 Å². The number of hydrogen-bond acceptors (Lipinski definition) is 4. The van der Waals surface area contributed by atoms with Crippen molar-refractivity contribution >= 4 is 5.96 Å². The third-order valence-electron chi connectivity index (χ3n) is 4.68. The minimum atomic E-state index is 0.135. The van der Waals surface area contributed by atoms with Gasteiger partial charge in [0.1, 0.15) is 0 Å². The van der Waals surface area contributed by atoms with E-state index in [0.717, 1.165) is 31.9 Å². The molecule has 114 valence electrons. The molecule has 21 heavy (non-hydrogen) atoms. The predicted octanol–water partition coefficient (Wildman–Crippen LogP) is 2.31. The van der Waals surface area contributed by atoms with Gasteiger partial charge in [-0.15, -0.1) is 0 Å². The lowest BCUT2D eigenvalue weighted by molar-refractivity contribution is -0.120. The van der Waals surface area contributed by atoms with Crippen LogP contribution in [0.25, 0.3) is 0 Å². The van der Waals surface area contributed by atoms with Crippen LogP contribution in [0, 0.1) is 5.41 Å². The molecule has 2 atom stereocenters. The summed E-state index contributed by atoms with van der Waals surface area (Å²) >= 11 is 0. The largest absolute Gasteiger partial charge is 0.373 e. The van der Waals surface area contributed by atoms with E-state index in [0.29, 0.717) is 18.8 Å². The molecular weight excluding hydrogens is 262 g/mol. The number of nitrogens with one attached hydrogen (secondary N) is 2. The Hall–Kier alpha value is -1.55. The molecule has 0 bridgehead atoms. The van der Waals surface area contributed by atoms with E-state index in [-0.39, 0.29) is 5.41 Å². The first-order chi connectivity index (χ1) is 10.2. The second-order valence-corrected chi connectivity index (χ2v) is 6.55. The smallest absolute Gasteiger partial charge is 0.191 e. The molecule has 1 aromatic carbocycles. The van der Waals surface area contributed by atoms with Gasteiger partial charge in [0, 0.05) is 24.5 Å². The molecule has 1 aliphatic heterocycles. The zero-order chi connectivity index (χ0) is 14.7. The Bertz CT molecular complexity index is 498. The van der Waals surface area contributed by atoms with E-state index in [4.69, 9.17) is 4.74 Å². The molecule has 1 heterocycles. The van der Waals surface area contributed by atoms with E-state index in [9.17, 15) is 0 Å². The Kier molecular flexibility index (Phi) is 4.15. The maximum atomic E-state index is 6.10. The Labute approximate surface area is 127 Å². The van der Waals surface area contributed by atoms with E-state index in [1.54, 1.807) is 0 Å². The molecule has 0 saturated heterocycles. The second kappa shape index (κ2) is 6.06. The van der Waals surface area contributed by atoms with Gasteiger partial charge in [-0.2, -0.15) is 0 Å². The van der Waals surface area contributed by atoms with Crippen LogP contribution in [0.1, 0.15) is 32.3 Å². The summed E-state index contributed by atoms with van der Waals surface area (Å²) in [7, 11) is 0. The molecule has 1 fully saturated rings. The average Bonchev–Trinajstić information content (AvgIpc) is 2.52. The first-order valence-corrected chi connectivity index (χ1v) is 7.86. The highest BCUT2D eigenvalue weighted by Crippen LogP contribution is 2.43. The number of ether oxygens (including phenoxy) is 1. The topological polar surface area (TPSA) is 45.7 Å². The lowest BCUT2D eigenvalue weighted by Gasteiger charge is -2.52. The zero-order valence-electron chi connectivity index (χ0n) is 12.9. The van der Waals surface area contributed by atoms with E-state index in [1.807, 2.05) is 6.07 Å². The van der Waals surface area contributed by atoms with Crippen LogP contribution in [0.15, 0.2) is 35.3 Å². The van der Waals surface area contributed by atoms with Gasteiger partial charge in [-0.05, 0) is 18.4 Å². The van der Waals surface area contributed by atoms with E-state index < -0.39 is 0 Å². The Balaban J connectivity index is 1.50. The van der Waals surface area contributed by atoms with Gasteiger partial charge in [-0.1, -0.05) is 44.2 Å². The summed E-state index contributed by atoms with van der Waals surface area (Å²) in [5.74, 6) is 0.959. The number of aliphatic imine (C=N–C) groups is 1. The highest BCUT2D eigenvalue weighted by molar-refractivity contribution is 5.80. The number of hydrogen-bond donors (Lipinski definition) is 2.